The minimum atomic E-state index is -0.0455. The van der Waals surface area contributed by atoms with Crippen LogP contribution in [-0.4, -0.2) is 79.8 Å². The third-order valence-electron chi connectivity index (χ3n) is 4.52. The van der Waals surface area contributed by atoms with Crippen molar-refractivity contribution in [1.29, 1.82) is 0 Å². The molecule has 1 spiro atoms. The number of likely N-dealkylation sites (N-methyl/N-ethyl adjacent to an activating group) is 1. The summed E-state index contributed by atoms with van der Waals surface area (Å²) in [5.41, 5.74) is -0.0455. The van der Waals surface area contributed by atoms with Crippen molar-refractivity contribution in [2.45, 2.75) is 45.3 Å². The highest BCUT2D eigenvalue weighted by Gasteiger charge is 2.45. The van der Waals surface area contributed by atoms with Crippen LogP contribution < -0.4 is 0 Å². The molecule has 2 fully saturated rings. The van der Waals surface area contributed by atoms with Crippen molar-refractivity contribution >= 4 is 6.03 Å². The van der Waals surface area contributed by atoms with Gasteiger partial charge in [-0.25, -0.2) is 4.79 Å². The lowest BCUT2D eigenvalue weighted by molar-refractivity contribution is -0.157. The molecule has 0 aliphatic carbocycles. The van der Waals surface area contributed by atoms with Gasteiger partial charge in [0.15, 0.2) is 0 Å². The lowest BCUT2D eigenvalue weighted by Gasteiger charge is -2.51. The number of urea groups is 1. The fraction of sp³-hybridized carbons (Fsp3) is 0.933. The van der Waals surface area contributed by atoms with E-state index < -0.39 is 0 Å². The zero-order valence-electron chi connectivity index (χ0n) is 14.0. The van der Waals surface area contributed by atoms with E-state index in [1.165, 1.54) is 0 Å². The molecule has 2 amide bonds. The Kier molecular flexibility index (Phi) is 6.27. The van der Waals surface area contributed by atoms with Crippen molar-refractivity contribution < 1.29 is 9.53 Å². The van der Waals surface area contributed by atoms with Gasteiger partial charge in [0.25, 0.3) is 0 Å². The predicted octanol–water partition coefficient (Wildman–Crippen LogP) is 1.88. The zero-order chi connectivity index (χ0) is 15.3. The van der Waals surface area contributed by atoms with Crippen molar-refractivity contribution in [3.8, 4) is 0 Å². The number of amides is 2. The van der Waals surface area contributed by atoms with Gasteiger partial charge in [0.05, 0.1) is 12.2 Å². The summed E-state index contributed by atoms with van der Waals surface area (Å²) >= 11 is 0. The van der Waals surface area contributed by atoms with Crippen molar-refractivity contribution in [1.82, 2.24) is 14.7 Å². The number of piperidine rings is 1. The van der Waals surface area contributed by atoms with Crippen molar-refractivity contribution in [2.75, 3.05) is 47.4 Å². The third-order valence-corrected chi connectivity index (χ3v) is 4.52. The van der Waals surface area contributed by atoms with Crippen LogP contribution in [0.15, 0.2) is 0 Å². The molecule has 2 aliphatic heterocycles. The second-order valence-corrected chi connectivity index (χ2v) is 5.73. The van der Waals surface area contributed by atoms with Gasteiger partial charge in [-0.3, -0.25) is 4.90 Å². The number of ether oxygens (including phenoxy) is 1. The molecule has 0 radical (unpaired) electrons. The smallest absolute Gasteiger partial charge is 0.319 e. The van der Waals surface area contributed by atoms with E-state index in [-0.39, 0.29) is 11.6 Å². The number of carbonyl (C=O) groups is 1. The van der Waals surface area contributed by atoms with Crippen LogP contribution in [0.2, 0.25) is 0 Å². The Labute approximate surface area is 123 Å². The average molecular weight is 285 g/mol. The summed E-state index contributed by atoms with van der Waals surface area (Å²) in [6.45, 7) is 9.65. The number of carbonyl (C=O) groups excluding carboxylic acids is 1. The van der Waals surface area contributed by atoms with Crippen LogP contribution in [-0.2, 0) is 4.74 Å². The maximum absolute atomic E-state index is 11.9. The van der Waals surface area contributed by atoms with E-state index >= 15 is 0 Å². The second-order valence-electron chi connectivity index (χ2n) is 5.73. The monoisotopic (exact) mass is 285 g/mol. The van der Waals surface area contributed by atoms with Crippen LogP contribution >= 0.6 is 0 Å². The summed E-state index contributed by atoms with van der Waals surface area (Å²) in [5, 5.41) is 0. The summed E-state index contributed by atoms with van der Waals surface area (Å²) in [4.78, 5) is 17.9. The molecule has 1 unspecified atom stereocenters. The van der Waals surface area contributed by atoms with E-state index in [2.05, 4.69) is 18.9 Å². The fourth-order valence-electron chi connectivity index (χ4n) is 3.03. The summed E-state index contributed by atoms with van der Waals surface area (Å²) in [7, 11) is 5.77. The average Bonchev–Trinajstić information content (AvgIpc) is 2.47. The first kappa shape index (κ1) is 17.2. The Morgan fingerprint density at radius 3 is 2.25 bits per heavy atom. The largest absolute Gasteiger partial charge is 0.372 e. The molecule has 2 heterocycles. The van der Waals surface area contributed by atoms with Crippen LogP contribution in [0.4, 0.5) is 4.79 Å². The molecule has 0 N–H and O–H groups in total. The van der Waals surface area contributed by atoms with Crippen LogP contribution in [0.3, 0.4) is 0 Å². The molecule has 0 aromatic rings. The molecule has 2 rings (SSSR count). The maximum atomic E-state index is 11.9. The number of likely N-dealkylation sites (tertiary alicyclic amines) is 1. The standard InChI is InChI=1S/C13H25N3O2.C2H6/c1-11-13(18-10-9-15(11)4)5-7-16(8-6-13)12(17)14(2)3;1-2/h11H,5-10H2,1-4H3;1-2H3. The van der Waals surface area contributed by atoms with Gasteiger partial charge in [-0.1, -0.05) is 13.8 Å². The number of hydrogen-bond acceptors (Lipinski definition) is 3. The minimum Gasteiger partial charge on any atom is -0.372 e. The first-order chi connectivity index (χ1) is 9.46. The Morgan fingerprint density at radius 2 is 1.75 bits per heavy atom. The normalized spacial score (nSPS) is 25.9. The number of morpholine rings is 1. The zero-order valence-corrected chi connectivity index (χ0v) is 14.0. The first-order valence-corrected chi connectivity index (χ1v) is 7.77. The van der Waals surface area contributed by atoms with Gasteiger partial charge in [0.1, 0.15) is 0 Å². The number of rotatable bonds is 0. The van der Waals surface area contributed by atoms with Gasteiger partial charge < -0.3 is 14.5 Å². The Bertz CT molecular complexity index is 312. The van der Waals surface area contributed by atoms with Gasteiger partial charge in [0.2, 0.25) is 0 Å². The van der Waals surface area contributed by atoms with E-state index in [0.717, 1.165) is 39.1 Å². The maximum Gasteiger partial charge on any atom is 0.319 e. The van der Waals surface area contributed by atoms with E-state index in [0.29, 0.717) is 6.04 Å². The van der Waals surface area contributed by atoms with Crippen molar-refractivity contribution in [2.24, 2.45) is 0 Å². The number of nitrogens with zero attached hydrogens (tertiary/aromatic N) is 3. The molecular formula is C15H31N3O2. The van der Waals surface area contributed by atoms with E-state index in [1.54, 1.807) is 19.0 Å². The van der Waals surface area contributed by atoms with E-state index in [9.17, 15) is 4.79 Å². The van der Waals surface area contributed by atoms with Crippen molar-refractivity contribution in [3.63, 3.8) is 0 Å². The van der Waals surface area contributed by atoms with Crippen LogP contribution in [0.1, 0.15) is 33.6 Å². The summed E-state index contributed by atoms with van der Waals surface area (Å²) in [5.74, 6) is 0. The van der Waals surface area contributed by atoms with Gasteiger partial charge in [0, 0.05) is 39.8 Å². The Morgan fingerprint density at radius 1 is 1.20 bits per heavy atom. The molecule has 5 nitrogen and oxygen atoms in total. The highest BCUT2D eigenvalue weighted by Crippen LogP contribution is 2.34. The van der Waals surface area contributed by atoms with Crippen LogP contribution in [0.25, 0.3) is 0 Å². The first-order valence-electron chi connectivity index (χ1n) is 7.77. The highest BCUT2D eigenvalue weighted by molar-refractivity contribution is 5.73. The SMILES string of the molecule is CC.CC1N(C)CCOC12CCN(C(=O)N(C)C)CC2. The molecule has 2 aliphatic rings. The minimum absolute atomic E-state index is 0.0455. The summed E-state index contributed by atoms with van der Waals surface area (Å²) < 4.78 is 6.08. The van der Waals surface area contributed by atoms with E-state index in [4.69, 9.17) is 4.74 Å². The molecule has 0 aromatic heterocycles. The molecular weight excluding hydrogens is 254 g/mol. The van der Waals surface area contributed by atoms with Crippen LogP contribution in [0.5, 0.6) is 0 Å². The van der Waals surface area contributed by atoms with Gasteiger partial charge in [-0.15, -0.1) is 0 Å². The highest BCUT2D eigenvalue weighted by atomic mass is 16.5. The Balaban J connectivity index is 0.000000956. The molecule has 5 heteroatoms. The van der Waals surface area contributed by atoms with Crippen molar-refractivity contribution in [3.05, 3.63) is 0 Å². The lowest BCUT2D eigenvalue weighted by atomic mass is 9.83. The molecule has 2 saturated heterocycles. The topological polar surface area (TPSA) is 36.0 Å². The molecule has 118 valence electrons. The van der Waals surface area contributed by atoms with Gasteiger partial charge in [-0.2, -0.15) is 0 Å². The molecule has 0 saturated carbocycles. The summed E-state index contributed by atoms with van der Waals surface area (Å²) in [6, 6.07) is 0.546. The lowest BCUT2D eigenvalue weighted by Crippen LogP contribution is -2.62. The Hall–Kier alpha value is -0.810. The third kappa shape index (κ3) is 3.44. The quantitative estimate of drug-likeness (QED) is 0.682. The molecule has 0 aromatic carbocycles. The van der Waals surface area contributed by atoms with Crippen LogP contribution in [0, 0.1) is 0 Å². The molecule has 20 heavy (non-hydrogen) atoms. The molecule has 0 bridgehead atoms. The summed E-state index contributed by atoms with van der Waals surface area (Å²) in [6.07, 6.45) is 1.89. The predicted molar refractivity (Wildman–Crippen MR) is 82.0 cm³/mol. The van der Waals surface area contributed by atoms with Gasteiger partial charge >= 0.3 is 6.03 Å². The van der Waals surface area contributed by atoms with E-state index in [1.807, 2.05) is 18.7 Å². The number of hydrogen-bond donors (Lipinski definition) is 0. The fourth-order valence-corrected chi connectivity index (χ4v) is 3.03. The van der Waals surface area contributed by atoms with Gasteiger partial charge in [-0.05, 0) is 26.8 Å². The second kappa shape index (κ2) is 7.27. The molecule has 1 atom stereocenters.